The van der Waals surface area contributed by atoms with Crippen molar-refractivity contribution in [3.05, 3.63) is 58.3 Å². The third-order valence-electron chi connectivity index (χ3n) is 2.26. The average Bonchev–Trinajstić information content (AvgIpc) is 2.38. The molecule has 0 atom stereocenters. The van der Waals surface area contributed by atoms with E-state index in [1.165, 1.54) is 6.20 Å². The van der Waals surface area contributed by atoms with E-state index in [9.17, 15) is 4.79 Å². The van der Waals surface area contributed by atoms with Crippen LogP contribution in [0.15, 0.2) is 47.2 Å². The number of nitrogens with zero attached hydrogens (tertiary/aromatic N) is 1. The van der Waals surface area contributed by atoms with Crippen molar-refractivity contribution in [1.82, 2.24) is 4.98 Å². The maximum atomic E-state index is 10.8. The minimum Gasteiger partial charge on any atom is -0.489 e. The highest BCUT2D eigenvalue weighted by atomic mass is 79.9. The summed E-state index contributed by atoms with van der Waals surface area (Å²) in [7, 11) is 0. The molecule has 0 amide bonds. The Morgan fingerprint density at radius 2 is 2.00 bits per heavy atom. The first-order valence-electron chi connectivity index (χ1n) is 5.21. The molecule has 5 heteroatoms. The van der Waals surface area contributed by atoms with Crippen molar-refractivity contribution in [1.29, 1.82) is 0 Å². The SMILES string of the molecule is O=C(O)c1cncc(COc2ccc(Br)cc2)c1. The van der Waals surface area contributed by atoms with Gasteiger partial charge in [0.1, 0.15) is 12.4 Å². The van der Waals surface area contributed by atoms with Gasteiger partial charge in [0.2, 0.25) is 0 Å². The summed E-state index contributed by atoms with van der Waals surface area (Å²) in [5, 5.41) is 8.84. The standard InChI is InChI=1S/C13H10BrNO3/c14-11-1-3-12(4-2-11)18-8-9-5-10(13(16)17)7-15-6-9/h1-7H,8H2,(H,16,17). The molecule has 0 radical (unpaired) electrons. The first-order chi connectivity index (χ1) is 8.65. The summed E-state index contributed by atoms with van der Waals surface area (Å²) in [5.74, 6) is -0.271. The first-order valence-corrected chi connectivity index (χ1v) is 6.00. The van der Waals surface area contributed by atoms with E-state index < -0.39 is 5.97 Å². The van der Waals surface area contributed by atoms with Gasteiger partial charge < -0.3 is 9.84 Å². The van der Waals surface area contributed by atoms with Crippen molar-refractivity contribution in [2.24, 2.45) is 0 Å². The van der Waals surface area contributed by atoms with Gasteiger partial charge in [-0.1, -0.05) is 15.9 Å². The molecule has 1 aromatic carbocycles. The fraction of sp³-hybridized carbons (Fsp3) is 0.0769. The first kappa shape index (κ1) is 12.6. The molecular formula is C13H10BrNO3. The Morgan fingerprint density at radius 3 is 2.67 bits per heavy atom. The lowest BCUT2D eigenvalue weighted by Gasteiger charge is -2.06. The summed E-state index contributed by atoms with van der Waals surface area (Å²) in [5.41, 5.74) is 0.879. The lowest BCUT2D eigenvalue weighted by molar-refractivity contribution is 0.0696. The van der Waals surface area contributed by atoms with Gasteiger partial charge in [0.15, 0.2) is 0 Å². The summed E-state index contributed by atoms with van der Waals surface area (Å²) < 4.78 is 6.50. The molecule has 0 spiro atoms. The smallest absolute Gasteiger partial charge is 0.337 e. The van der Waals surface area contributed by atoms with Gasteiger partial charge in [0, 0.05) is 22.4 Å². The van der Waals surface area contributed by atoms with Gasteiger partial charge in [-0.15, -0.1) is 0 Å². The molecule has 0 bridgehead atoms. The van der Waals surface area contributed by atoms with E-state index in [-0.39, 0.29) is 12.2 Å². The summed E-state index contributed by atoms with van der Waals surface area (Å²) in [6.45, 7) is 0.287. The predicted octanol–water partition coefficient (Wildman–Crippen LogP) is 3.12. The van der Waals surface area contributed by atoms with Crippen LogP contribution in [0.4, 0.5) is 0 Å². The van der Waals surface area contributed by atoms with Crippen LogP contribution in [0.2, 0.25) is 0 Å². The van der Waals surface area contributed by atoms with Crippen LogP contribution in [0, 0.1) is 0 Å². The second kappa shape index (κ2) is 5.64. The number of carboxylic acid groups (broad SMARTS) is 1. The van der Waals surface area contributed by atoms with E-state index in [4.69, 9.17) is 9.84 Å². The fourth-order valence-corrected chi connectivity index (χ4v) is 1.65. The van der Waals surface area contributed by atoms with Crippen LogP contribution in [0.25, 0.3) is 0 Å². The molecule has 2 rings (SSSR count). The van der Waals surface area contributed by atoms with Crippen molar-refractivity contribution in [2.45, 2.75) is 6.61 Å². The zero-order chi connectivity index (χ0) is 13.0. The number of halogens is 1. The monoisotopic (exact) mass is 307 g/mol. The van der Waals surface area contributed by atoms with E-state index in [2.05, 4.69) is 20.9 Å². The van der Waals surface area contributed by atoms with E-state index in [1.807, 2.05) is 24.3 Å². The maximum absolute atomic E-state index is 10.8. The molecule has 0 aliphatic carbocycles. The maximum Gasteiger partial charge on any atom is 0.337 e. The minimum absolute atomic E-state index is 0.159. The lowest BCUT2D eigenvalue weighted by Crippen LogP contribution is -2.01. The summed E-state index contributed by atoms with van der Waals surface area (Å²) in [6.07, 6.45) is 2.90. The van der Waals surface area contributed by atoms with Crippen molar-refractivity contribution in [3.8, 4) is 5.75 Å². The molecule has 1 heterocycles. The molecule has 0 saturated heterocycles. The predicted molar refractivity (Wildman–Crippen MR) is 69.7 cm³/mol. The van der Waals surface area contributed by atoms with Crippen molar-refractivity contribution in [3.63, 3.8) is 0 Å². The molecule has 2 aromatic rings. The number of rotatable bonds is 4. The van der Waals surface area contributed by atoms with Crippen LogP contribution in [0.1, 0.15) is 15.9 Å². The van der Waals surface area contributed by atoms with Crippen LogP contribution >= 0.6 is 15.9 Å². The topological polar surface area (TPSA) is 59.4 Å². The molecule has 4 nitrogen and oxygen atoms in total. The Labute approximate surface area is 112 Å². The van der Waals surface area contributed by atoms with Gasteiger partial charge in [0.05, 0.1) is 5.56 Å². The van der Waals surface area contributed by atoms with Crippen molar-refractivity contribution in [2.75, 3.05) is 0 Å². The average molecular weight is 308 g/mol. The Bertz CT molecular complexity index is 554. The van der Waals surface area contributed by atoms with Crippen LogP contribution in [-0.4, -0.2) is 16.1 Å². The van der Waals surface area contributed by atoms with Gasteiger partial charge in [-0.05, 0) is 30.3 Å². The number of aromatic carboxylic acids is 1. The Kier molecular flexibility index (Phi) is 3.94. The highest BCUT2D eigenvalue weighted by molar-refractivity contribution is 9.10. The Balaban J connectivity index is 2.04. The van der Waals surface area contributed by atoms with Crippen molar-refractivity contribution >= 4 is 21.9 Å². The normalized spacial score (nSPS) is 10.1. The number of ether oxygens (including phenoxy) is 1. The third kappa shape index (κ3) is 3.30. The molecule has 1 aromatic heterocycles. The highest BCUT2D eigenvalue weighted by Crippen LogP contribution is 2.17. The zero-order valence-electron chi connectivity index (χ0n) is 9.34. The van der Waals surface area contributed by atoms with Crippen molar-refractivity contribution < 1.29 is 14.6 Å². The molecule has 92 valence electrons. The number of pyridine rings is 1. The van der Waals surface area contributed by atoms with E-state index in [1.54, 1.807) is 12.3 Å². The van der Waals surface area contributed by atoms with Crippen LogP contribution < -0.4 is 4.74 Å². The third-order valence-corrected chi connectivity index (χ3v) is 2.79. The van der Waals surface area contributed by atoms with E-state index >= 15 is 0 Å². The summed E-state index contributed by atoms with van der Waals surface area (Å²) >= 11 is 3.34. The molecule has 0 aliphatic rings. The number of carboxylic acids is 1. The van der Waals surface area contributed by atoms with Gasteiger partial charge in [0.25, 0.3) is 0 Å². The Morgan fingerprint density at radius 1 is 1.28 bits per heavy atom. The summed E-state index contributed by atoms with van der Waals surface area (Å²) in [4.78, 5) is 14.6. The number of hydrogen-bond donors (Lipinski definition) is 1. The van der Waals surface area contributed by atoms with E-state index in [0.717, 1.165) is 15.8 Å². The largest absolute Gasteiger partial charge is 0.489 e. The van der Waals surface area contributed by atoms with Crippen LogP contribution in [-0.2, 0) is 6.61 Å². The number of benzene rings is 1. The number of aromatic nitrogens is 1. The molecular weight excluding hydrogens is 298 g/mol. The second-order valence-corrected chi connectivity index (χ2v) is 4.55. The number of hydrogen-bond acceptors (Lipinski definition) is 3. The van der Waals surface area contributed by atoms with Gasteiger partial charge in [-0.3, -0.25) is 4.98 Å². The molecule has 0 unspecified atom stereocenters. The number of carbonyl (C=O) groups is 1. The quantitative estimate of drug-likeness (QED) is 0.943. The Hall–Kier alpha value is -1.88. The van der Waals surface area contributed by atoms with Gasteiger partial charge in [-0.25, -0.2) is 4.79 Å². The van der Waals surface area contributed by atoms with Gasteiger partial charge in [-0.2, -0.15) is 0 Å². The molecule has 0 fully saturated rings. The fourth-order valence-electron chi connectivity index (χ4n) is 1.38. The van der Waals surface area contributed by atoms with Gasteiger partial charge >= 0.3 is 5.97 Å². The van der Waals surface area contributed by atoms with Crippen LogP contribution in [0.3, 0.4) is 0 Å². The zero-order valence-corrected chi connectivity index (χ0v) is 10.9. The highest BCUT2D eigenvalue weighted by Gasteiger charge is 2.04. The van der Waals surface area contributed by atoms with Crippen LogP contribution in [0.5, 0.6) is 5.75 Å². The second-order valence-electron chi connectivity index (χ2n) is 3.63. The lowest BCUT2D eigenvalue weighted by atomic mass is 10.2. The molecule has 0 aliphatic heterocycles. The van der Waals surface area contributed by atoms with E-state index in [0.29, 0.717) is 0 Å². The molecule has 1 N–H and O–H groups in total. The molecule has 18 heavy (non-hydrogen) atoms. The molecule has 0 saturated carbocycles. The minimum atomic E-state index is -0.993. The summed E-state index contributed by atoms with van der Waals surface area (Å²) in [6, 6.07) is 8.97.